The van der Waals surface area contributed by atoms with Gasteiger partial charge in [-0.05, 0) is 41.9 Å². The van der Waals surface area contributed by atoms with Crippen LogP contribution in [0, 0.1) is 10.1 Å². The fourth-order valence-electron chi connectivity index (χ4n) is 3.43. The molecule has 0 saturated heterocycles. The average molecular weight is 491 g/mol. The lowest BCUT2D eigenvalue weighted by atomic mass is 10.2. The predicted octanol–water partition coefficient (Wildman–Crippen LogP) is 1.55. The van der Waals surface area contributed by atoms with Gasteiger partial charge in [-0.15, -0.1) is 5.10 Å². The van der Waals surface area contributed by atoms with Crippen LogP contribution in [0.3, 0.4) is 0 Å². The van der Waals surface area contributed by atoms with Crippen molar-refractivity contribution >= 4 is 34.4 Å². The molecule has 0 saturated carbocycles. The van der Waals surface area contributed by atoms with Crippen LogP contribution in [0.1, 0.15) is 34.7 Å². The second-order valence-electron chi connectivity index (χ2n) is 7.50. The number of anilines is 1. The highest BCUT2D eigenvalue weighted by atomic mass is 16.6. The zero-order chi connectivity index (χ0) is 25.2. The maximum atomic E-state index is 12.9. The van der Waals surface area contributed by atoms with Crippen LogP contribution in [-0.2, 0) is 12.8 Å². The van der Waals surface area contributed by atoms with Crippen molar-refractivity contribution in [3.05, 3.63) is 69.5 Å². The lowest BCUT2D eigenvalue weighted by Gasteiger charge is -2.05. The Hall–Kier alpha value is -5.41. The third-order valence-electron chi connectivity index (χ3n) is 5.16. The van der Waals surface area contributed by atoms with E-state index in [1.165, 1.54) is 23.7 Å². The van der Waals surface area contributed by atoms with E-state index in [-0.39, 0.29) is 35.2 Å². The van der Waals surface area contributed by atoms with Crippen LogP contribution in [0.15, 0.2) is 50.5 Å². The van der Waals surface area contributed by atoms with E-state index in [9.17, 15) is 14.9 Å². The fourth-order valence-corrected chi connectivity index (χ4v) is 3.43. The van der Waals surface area contributed by atoms with E-state index in [2.05, 4.69) is 45.7 Å². The number of rotatable bonds is 8. The first-order valence-corrected chi connectivity index (χ1v) is 10.5. The smallest absolute Gasteiger partial charge is 0.399 e. The molecule has 4 heterocycles. The Morgan fingerprint density at radius 2 is 2.08 bits per heavy atom. The van der Waals surface area contributed by atoms with Crippen LogP contribution in [-0.4, -0.2) is 51.8 Å². The molecule has 0 aliphatic carbocycles. The number of hydrogen-bond acceptors (Lipinski definition) is 12. The normalized spacial score (nSPS) is 11.8. The molecule has 0 radical (unpaired) electrons. The summed E-state index contributed by atoms with van der Waals surface area (Å²) < 4.78 is 11.0. The Labute approximate surface area is 200 Å². The molecule has 0 aliphatic heterocycles. The van der Waals surface area contributed by atoms with Gasteiger partial charge >= 0.3 is 5.88 Å². The average Bonchev–Trinajstić information content (AvgIpc) is 3.66. The summed E-state index contributed by atoms with van der Waals surface area (Å²) in [6.45, 7) is 1.52. The number of nitrogens with one attached hydrogen (secondary N) is 2. The number of H-pyrrole nitrogens is 1. The Balaban J connectivity index is 1.41. The number of aryl methyl sites for hydroxylation is 1. The maximum absolute atomic E-state index is 12.9. The van der Waals surface area contributed by atoms with E-state index in [0.29, 0.717) is 17.9 Å². The van der Waals surface area contributed by atoms with Gasteiger partial charge in [0, 0.05) is 6.42 Å². The second kappa shape index (κ2) is 9.09. The molecule has 5 aromatic rings. The van der Waals surface area contributed by atoms with Crippen LogP contribution in [0.2, 0.25) is 0 Å². The SMILES string of the molecule is C/C(=N\NC(=O)c1nnn(-c2nonc2N)c1CCc1nc2ccccc2[nH]1)c1ccc([N+](=O)[O-])o1. The first-order valence-electron chi connectivity index (χ1n) is 10.5. The number of amides is 1. The number of imidazole rings is 1. The molecule has 36 heavy (non-hydrogen) atoms. The topological polar surface area (TPSA) is 222 Å². The van der Waals surface area contributed by atoms with Gasteiger partial charge in [0.05, 0.1) is 22.8 Å². The third-order valence-corrected chi connectivity index (χ3v) is 5.16. The van der Waals surface area contributed by atoms with E-state index in [4.69, 9.17) is 10.2 Å². The summed E-state index contributed by atoms with van der Waals surface area (Å²) in [5.74, 6) is -0.280. The van der Waals surface area contributed by atoms with Crippen molar-refractivity contribution in [3.63, 3.8) is 0 Å². The minimum Gasteiger partial charge on any atom is -0.399 e. The van der Waals surface area contributed by atoms with Gasteiger partial charge in [0.15, 0.2) is 11.5 Å². The van der Waals surface area contributed by atoms with Crippen LogP contribution >= 0.6 is 0 Å². The number of carbonyl (C=O) groups excluding carboxylic acids is 1. The molecule has 5 rings (SSSR count). The number of fused-ring (bicyclic) bond motifs is 1. The first-order chi connectivity index (χ1) is 17.4. The summed E-state index contributed by atoms with van der Waals surface area (Å²) in [7, 11) is 0. The number of hydrogen-bond donors (Lipinski definition) is 3. The highest BCUT2D eigenvalue weighted by Gasteiger charge is 2.24. The van der Waals surface area contributed by atoms with Crippen molar-refractivity contribution in [1.82, 2.24) is 40.7 Å². The number of hydrazone groups is 1. The molecule has 4 aromatic heterocycles. The number of furan rings is 1. The summed E-state index contributed by atoms with van der Waals surface area (Å²) in [5.41, 5.74) is 10.4. The minimum atomic E-state index is -0.684. The van der Waals surface area contributed by atoms with Crippen LogP contribution in [0.25, 0.3) is 16.9 Å². The van der Waals surface area contributed by atoms with E-state index in [1.54, 1.807) is 0 Å². The van der Waals surface area contributed by atoms with Crippen molar-refractivity contribution in [1.29, 1.82) is 0 Å². The quantitative estimate of drug-likeness (QED) is 0.160. The molecule has 0 fully saturated rings. The maximum Gasteiger partial charge on any atom is 0.433 e. The minimum absolute atomic E-state index is 0.0369. The number of nitrogens with zero attached hydrogens (tertiary/aromatic N) is 8. The first kappa shape index (κ1) is 22.4. The molecule has 0 unspecified atom stereocenters. The molecule has 0 bridgehead atoms. The zero-order valence-electron chi connectivity index (χ0n) is 18.6. The van der Waals surface area contributed by atoms with Crippen LogP contribution < -0.4 is 11.2 Å². The third kappa shape index (κ3) is 4.25. The van der Waals surface area contributed by atoms with Crippen LogP contribution in [0.5, 0.6) is 0 Å². The molecule has 16 heteroatoms. The number of aromatic nitrogens is 7. The van der Waals surface area contributed by atoms with E-state index >= 15 is 0 Å². The van der Waals surface area contributed by atoms with E-state index in [1.807, 2.05) is 24.3 Å². The highest BCUT2D eigenvalue weighted by Crippen LogP contribution is 2.19. The highest BCUT2D eigenvalue weighted by molar-refractivity contribution is 5.99. The number of carbonyl (C=O) groups is 1. The summed E-state index contributed by atoms with van der Waals surface area (Å²) in [6, 6.07) is 10.1. The van der Waals surface area contributed by atoms with E-state index in [0.717, 1.165) is 11.0 Å². The molecule has 16 nitrogen and oxygen atoms in total. The molecule has 0 aliphatic rings. The number of benzene rings is 1. The molecule has 1 aromatic carbocycles. The summed E-state index contributed by atoms with van der Waals surface area (Å²) in [5, 5.41) is 30.0. The summed E-state index contributed by atoms with van der Waals surface area (Å²) in [6.07, 6.45) is 0.681. The lowest BCUT2D eigenvalue weighted by Crippen LogP contribution is -2.22. The molecule has 182 valence electrons. The van der Waals surface area contributed by atoms with Crippen molar-refractivity contribution in [2.75, 3.05) is 5.73 Å². The predicted molar refractivity (Wildman–Crippen MR) is 122 cm³/mol. The molecular formula is C20H17N11O5. The van der Waals surface area contributed by atoms with Gasteiger partial charge in [-0.2, -0.15) is 9.78 Å². The van der Waals surface area contributed by atoms with Gasteiger partial charge in [-0.1, -0.05) is 17.3 Å². The van der Waals surface area contributed by atoms with Crippen molar-refractivity contribution in [2.45, 2.75) is 19.8 Å². The van der Waals surface area contributed by atoms with Crippen molar-refractivity contribution < 1.29 is 18.8 Å². The largest absolute Gasteiger partial charge is 0.433 e. The Morgan fingerprint density at radius 3 is 2.81 bits per heavy atom. The molecule has 4 N–H and O–H groups in total. The molecule has 1 amide bonds. The fraction of sp³-hybridized carbons (Fsp3) is 0.150. The standard InChI is InChI=1S/C20H17N11O5/c1-10(14-7-9-16(35-14)31(33)34)24-26-20(32)17-13(30(29-25-17)19-18(21)27-36-28-19)6-8-15-22-11-4-2-3-5-12(11)23-15/h2-5,7,9H,6,8H2,1H3,(H2,21,27)(H,22,23)(H,26,32)/b24-10+. The number of nitro groups is 1. The lowest BCUT2D eigenvalue weighted by molar-refractivity contribution is -0.402. The molecule has 0 spiro atoms. The molecular weight excluding hydrogens is 474 g/mol. The number of nitrogens with two attached hydrogens (primary N) is 1. The summed E-state index contributed by atoms with van der Waals surface area (Å²) >= 11 is 0. The number of para-hydroxylation sites is 2. The van der Waals surface area contributed by atoms with Gasteiger partial charge in [0.25, 0.3) is 5.91 Å². The Morgan fingerprint density at radius 1 is 1.25 bits per heavy atom. The van der Waals surface area contributed by atoms with Crippen LogP contribution in [0.4, 0.5) is 11.7 Å². The Bertz CT molecular complexity index is 1580. The number of aromatic amines is 1. The second-order valence-corrected chi connectivity index (χ2v) is 7.50. The van der Waals surface area contributed by atoms with Gasteiger partial charge in [0.2, 0.25) is 11.6 Å². The Kier molecular flexibility index (Phi) is 5.65. The van der Waals surface area contributed by atoms with Gasteiger partial charge in [-0.3, -0.25) is 14.9 Å². The summed E-state index contributed by atoms with van der Waals surface area (Å²) in [4.78, 5) is 30.9. The zero-order valence-corrected chi connectivity index (χ0v) is 18.6. The van der Waals surface area contributed by atoms with Gasteiger partial charge in [0.1, 0.15) is 16.5 Å². The molecule has 0 atom stereocenters. The van der Waals surface area contributed by atoms with E-state index < -0.39 is 16.7 Å². The van der Waals surface area contributed by atoms with Gasteiger partial charge in [-0.25, -0.2) is 15.0 Å². The number of nitrogen functional groups attached to an aromatic ring is 1. The van der Waals surface area contributed by atoms with Crippen molar-refractivity contribution in [3.8, 4) is 5.82 Å². The monoisotopic (exact) mass is 491 g/mol. The van der Waals surface area contributed by atoms with Gasteiger partial charge < -0.3 is 15.1 Å². The van der Waals surface area contributed by atoms with Crippen molar-refractivity contribution in [2.24, 2.45) is 5.10 Å².